The Kier molecular flexibility index (Phi) is 9.18. The average molecular weight is 500 g/mol. The molecule has 14 atom stereocenters. The molecule has 0 amide bonds. The molecular weight excluding hydrogens is 468 g/mol. The predicted octanol–water partition coefficient (Wildman–Crippen LogP) is -5.34. The van der Waals surface area contributed by atoms with E-state index in [2.05, 4.69) is 0 Å². The quantitative estimate of drug-likeness (QED) is 0.159. The summed E-state index contributed by atoms with van der Waals surface area (Å²) >= 11 is 0. The van der Waals surface area contributed by atoms with Crippen LogP contribution in [0.5, 0.6) is 0 Å². The number of aliphatic hydroxyl groups is 8. The number of carbonyl (C=O) groups is 1. The first-order chi connectivity index (χ1) is 15.9. The van der Waals surface area contributed by atoms with Crippen LogP contribution >= 0.6 is 0 Å². The molecule has 0 aromatic carbocycles. The Morgan fingerprint density at radius 2 is 1.44 bits per heavy atom. The van der Waals surface area contributed by atoms with E-state index in [0.717, 1.165) is 6.92 Å². The molecule has 15 heteroatoms. The minimum absolute atomic E-state index is 0.385. The van der Waals surface area contributed by atoms with Gasteiger partial charge in [0.25, 0.3) is 0 Å². The second-order valence-electron chi connectivity index (χ2n) is 8.49. The predicted molar refractivity (Wildman–Crippen MR) is 103 cm³/mol. The third-order valence-electron chi connectivity index (χ3n) is 5.94. The van der Waals surface area contributed by atoms with Crippen LogP contribution in [-0.2, 0) is 33.2 Å². The summed E-state index contributed by atoms with van der Waals surface area (Å²) in [5.74, 6) is -0.698. The minimum atomic E-state index is -1.81. The highest BCUT2D eigenvalue weighted by molar-refractivity contribution is 5.65. The van der Waals surface area contributed by atoms with Crippen molar-refractivity contribution in [3.63, 3.8) is 0 Å². The summed E-state index contributed by atoms with van der Waals surface area (Å²) in [4.78, 5) is 11.2. The van der Waals surface area contributed by atoms with E-state index >= 15 is 0 Å². The van der Waals surface area contributed by atoms with Gasteiger partial charge in [0.1, 0.15) is 67.6 Å². The molecule has 0 bridgehead atoms. The lowest BCUT2D eigenvalue weighted by Gasteiger charge is -2.47. The lowest BCUT2D eigenvalue weighted by Crippen LogP contribution is -2.65. The molecule has 34 heavy (non-hydrogen) atoms. The van der Waals surface area contributed by atoms with Gasteiger partial charge in [-0.2, -0.15) is 0 Å². The molecule has 0 aromatic heterocycles. The molecule has 3 aliphatic heterocycles. The SMILES string of the molecule is CC(=O)OC[C@H]1O[C@@H](O[C@H]2C(O)OC[C@@H](O)[C@@H]2O)[C@H](O[C@@H]2O[C@@H](C)[C@@H](O)[C@@H](O)[C@@H]2O)[C@@H](O)[C@H]1O. The van der Waals surface area contributed by atoms with Gasteiger partial charge in [-0.3, -0.25) is 4.79 Å². The fraction of sp³-hybridized carbons (Fsp3) is 0.947. The molecule has 3 heterocycles. The fourth-order valence-corrected chi connectivity index (χ4v) is 3.86. The first-order valence-corrected chi connectivity index (χ1v) is 10.7. The van der Waals surface area contributed by atoms with Gasteiger partial charge in [0.15, 0.2) is 18.9 Å². The first-order valence-electron chi connectivity index (χ1n) is 10.7. The van der Waals surface area contributed by atoms with Gasteiger partial charge >= 0.3 is 5.97 Å². The highest BCUT2D eigenvalue weighted by Gasteiger charge is 2.52. The number of rotatable bonds is 6. The zero-order valence-corrected chi connectivity index (χ0v) is 18.4. The van der Waals surface area contributed by atoms with Crippen LogP contribution in [0.15, 0.2) is 0 Å². The van der Waals surface area contributed by atoms with Crippen LogP contribution < -0.4 is 0 Å². The molecule has 8 N–H and O–H groups in total. The van der Waals surface area contributed by atoms with Crippen molar-refractivity contribution in [1.82, 2.24) is 0 Å². The van der Waals surface area contributed by atoms with Crippen LogP contribution in [0.25, 0.3) is 0 Å². The van der Waals surface area contributed by atoms with Gasteiger partial charge < -0.3 is 69.3 Å². The highest BCUT2D eigenvalue weighted by atomic mass is 16.8. The van der Waals surface area contributed by atoms with Crippen molar-refractivity contribution in [3.05, 3.63) is 0 Å². The van der Waals surface area contributed by atoms with E-state index in [9.17, 15) is 45.6 Å². The van der Waals surface area contributed by atoms with E-state index in [4.69, 9.17) is 28.4 Å². The number of aliphatic hydroxyl groups excluding tert-OH is 8. The summed E-state index contributed by atoms with van der Waals surface area (Å²) in [5, 5.41) is 81.5. The Morgan fingerprint density at radius 3 is 2.09 bits per heavy atom. The van der Waals surface area contributed by atoms with Crippen LogP contribution in [0, 0.1) is 0 Å². The maximum Gasteiger partial charge on any atom is 0.302 e. The van der Waals surface area contributed by atoms with Gasteiger partial charge in [-0.25, -0.2) is 0 Å². The molecule has 198 valence electrons. The van der Waals surface area contributed by atoms with Gasteiger partial charge in [0.2, 0.25) is 0 Å². The standard InChI is InChI=1S/C19H32O15/c1-5-9(22)12(25)14(27)18(31-5)34-16-13(26)11(24)8(4-29-6(2)20)32-19(16)33-15-10(23)7(21)3-30-17(15)28/h5,7-19,21-28H,3-4H2,1-2H3/t5-,7+,8+,9+,10-,11-,12+,13-,14-,15+,16+,17?,18-,19-/m0/s1. The van der Waals surface area contributed by atoms with Crippen molar-refractivity contribution in [2.24, 2.45) is 0 Å². The van der Waals surface area contributed by atoms with Crippen LogP contribution in [0.2, 0.25) is 0 Å². The summed E-state index contributed by atoms with van der Waals surface area (Å²) < 4.78 is 31.8. The second kappa shape index (κ2) is 11.3. The van der Waals surface area contributed by atoms with Crippen molar-refractivity contribution >= 4 is 5.97 Å². The summed E-state index contributed by atoms with van der Waals surface area (Å²) in [7, 11) is 0. The zero-order valence-electron chi connectivity index (χ0n) is 18.4. The monoisotopic (exact) mass is 500 g/mol. The van der Waals surface area contributed by atoms with Gasteiger partial charge in [0.05, 0.1) is 12.7 Å². The van der Waals surface area contributed by atoms with E-state index in [1.54, 1.807) is 0 Å². The van der Waals surface area contributed by atoms with E-state index < -0.39 is 98.6 Å². The second-order valence-corrected chi connectivity index (χ2v) is 8.49. The Bertz CT molecular complexity index is 680. The smallest absolute Gasteiger partial charge is 0.302 e. The van der Waals surface area contributed by atoms with Crippen LogP contribution in [0.4, 0.5) is 0 Å². The molecule has 15 nitrogen and oxygen atoms in total. The van der Waals surface area contributed by atoms with Gasteiger partial charge in [-0.1, -0.05) is 0 Å². The Morgan fingerprint density at radius 1 is 0.794 bits per heavy atom. The molecule has 0 saturated carbocycles. The molecule has 3 aliphatic rings. The van der Waals surface area contributed by atoms with Crippen LogP contribution in [-0.4, -0.2) is 146 Å². The molecule has 3 saturated heterocycles. The van der Waals surface area contributed by atoms with Crippen molar-refractivity contribution in [1.29, 1.82) is 0 Å². The largest absolute Gasteiger partial charge is 0.463 e. The van der Waals surface area contributed by atoms with Crippen molar-refractivity contribution < 1.29 is 74.1 Å². The van der Waals surface area contributed by atoms with Crippen molar-refractivity contribution in [2.75, 3.05) is 13.2 Å². The lowest BCUT2D eigenvalue weighted by atomic mass is 9.97. The Balaban J connectivity index is 1.82. The lowest BCUT2D eigenvalue weighted by molar-refractivity contribution is -0.385. The zero-order chi connectivity index (χ0) is 25.3. The minimum Gasteiger partial charge on any atom is -0.463 e. The molecule has 0 aromatic rings. The Hall–Kier alpha value is -1.05. The van der Waals surface area contributed by atoms with E-state index in [1.165, 1.54) is 6.92 Å². The van der Waals surface area contributed by atoms with Gasteiger partial charge in [-0.15, -0.1) is 0 Å². The molecule has 3 fully saturated rings. The summed E-state index contributed by atoms with van der Waals surface area (Å²) in [5.41, 5.74) is 0. The third kappa shape index (κ3) is 5.84. The van der Waals surface area contributed by atoms with Crippen molar-refractivity contribution in [3.8, 4) is 0 Å². The van der Waals surface area contributed by atoms with E-state index in [1.807, 2.05) is 0 Å². The normalized spacial score (nSPS) is 50.1. The molecular formula is C19H32O15. The maximum atomic E-state index is 11.2. The van der Waals surface area contributed by atoms with E-state index in [0.29, 0.717) is 0 Å². The van der Waals surface area contributed by atoms with E-state index in [-0.39, 0.29) is 6.61 Å². The third-order valence-corrected chi connectivity index (χ3v) is 5.94. The fourth-order valence-electron chi connectivity index (χ4n) is 3.86. The van der Waals surface area contributed by atoms with Crippen LogP contribution in [0.3, 0.4) is 0 Å². The summed E-state index contributed by atoms with van der Waals surface area (Å²) in [6.07, 6.45) is -22.1. The average Bonchev–Trinajstić information content (AvgIpc) is 2.79. The first kappa shape index (κ1) is 27.5. The number of ether oxygens (including phenoxy) is 6. The molecule has 0 radical (unpaired) electrons. The van der Waals surface area contributed by atoms with Gasteiger partial charge in [0, 0.05) is 6.92 Å². The van der Waals surface area contributed by atoms with Crippen LogP contribution in [0.1, 0.15) is 13.8 Å². The molecule has 1 unspecified atom stereocenters. The maximum absolute atomic E-state index is 11.2. The number of esters is 1. The molecule has 0 aliphatic carbocycles. The van der Waals surface area contributed by atoms with Crippen molar-refractivity contribution in [2.45, 2.75) is 99.9 Å². The topological polar surface area (TPSA) is 234 Å². The number of carbonyl (C=O) groups excluding carboxylic acids is 1. The Labute approximate surface area is 193 Å². The highest BCUT2D eigenvalue weighted by Crippen LogP contribution is 2.32. The van der Waals surface area contributed by atoms with Gasteiger partial charge in [-0.05, 0) is 6.92 Å². The summed E-state index contributed by atoms with van der Waals surface area (Å²) in [6, 6.07) is 0. The molecule has 0 spiro atoms. The number of hydrogen-bond donors (Lipinski definition) is 8. The number of hydrogen-bond acceptors (Lipinski definition) is 15. The summed E-state index contributed by atoms with van der Waals surface area (Å²) in [6.45, 7) is 1.63. The molecule has 3 rings (SSSR count).